The second-order valence-electron chi connectivity index (χ2n) is 8.04. The third-order valence-electron chi connectivity index (χ3n) is 6.14. The first kappa shape index (κ1) is 19.6. The molecule has 6 rings (SSSR count). The van der Waals surface area contributed by atoms with Crippen LogP contribution in [0.2, 0.25) is 0 Å². The molecule has 2 aliphatic rings. The minimum absolute atomic E-state index is 0.0922. The summed E-state index contributed by atoms with van der Waals surface area (Å²) < 4.78 is 0. The molecule has 0 atom stereocenters. The van der Waals surface area contributed by atoms with E-state index >= 15 is 0 Å². The van der Waals surface area contributed by atoms with E-state index in [0.717, 1.165) is 33.0 Å². The quantitative estimate of drug-likeness (QED) is 0.150. The fourth-order valence-corrected chi connectivity index (χ4v) is 4.75. The lowest BCUT2D eigenvalue weighted by molar-refractivity contribution is -0.384. The van der Waals surface area contributed by atoms with Crippen LogP contribution in [0.4, 0.5) is 22.7 Å². The highest BCUT2D eigenvalue weighted by Crippen LogP contribution is 2.44. The van der Waals surface area contributed by atoms with Gasteiger partial charge in [0.1, 0.15) is 5.69 Å². The summed E-state index contributed by atoms with van der Waals surface area (Å²) in [7, 11) is 0. The molecular weight excluding hydrogens is 434 g/mol. The van der Waals surface area contributed by atoms with E-state index < -0.39 is 9.85 Å². The number of aliphatic imine (C=N–C) groups is 1. The zero-order valence-electron chi connectivity index (χ0n) is 17.5. The number of hydrogen-bond donors (Lipinski definition) is 2. The standard InChI is InChI=1S/C25H15N5O4/c26-25(27-23-17-5-1-3-13-7-9-15(21(13)17)11-19(23)29(31)32)28-24-18-6-2-4-14-8-10-16(22(14)18)12-20(24)30(33)34/h1-12H,(H3,26,27,28). The van der Waals surface area contributed by atoms with Crippen molar-refractivity contribution in [1.82, 2.24) is 0 Å². The molecule has 34 heavy (non-hydrogen) atoms. The van der Waals surface area contributed by atoms with Gasteiger partial charge in [-0.15, -0.1) is 0 Å². The Morgan fingerprint density at radius 2 is 1.29 bits per heavy atom. The van der Waals surface area contributed by atoms with Crippen LogP contribution in [0.3, 0.4) is 0 Å². The zero-order chi connectivity index (χ0) is 23.6. The molecule has 0 aromatic heterocycles. The van der Waals surface area contributed by atoms with Gasteiger partial charge in [-0.25, -0.2) is 4.99 Å². The van der Waals surface area contributed by atoms with Crippen LogP contribution >= 0.6 is 0 Å². The van der Waals surface area contributed by atoms with Gasteiger partial charge in [-0.3, -0.25) is 20.2 Å². The molecular formula is C25H15N5O4. The van der Waals surface area contributed by atoms with Crippen LogP contribution in [0.15, 0.2) is 53.5 Å². The average molecular weight is 449 g/mol. The number of nitro groups is 2. The Morgan fingerprint density at radius 1 is 0.765 bits per heavy atom. The van der Waals surface area contributed by atoms with Crippen molar-refractivity contribution in [1.29, 1.82) is 0 Å². The first-order valence-electron chi connectivity index (χ1n) is 10.4. The minimum atomic E-state index is -0.506. The highest BCUT2D eigenvalue weighted by molar-refractivity contribution is 6.16. The minimum Gasteiger partial charge on any atom is -0.369 e. The average Bonchev–Trinajstić information content (AvgIpc) is 3.42. The Balaban J connectivity index is 1.54. The Hall–Kier alpha value is -5.05. The van der Waals surface area contributed by atoms with Gasteiger partial charge in [-0.05, 0) is 33.0 Å². The van der Waals surface area contributed by atoms with Crippen molar-refractivity contribution >= 4 is 74.6 Å². The van der Waals surface area contributed by atoms with Gasteiger partial charge < -0.3 is 11.1 Å². The van der Waals surface area contributed by atoms with E-state index in [9.17, 15) is 20.2 Å². The summed E-state index contributed by atoms with van der Waals surface area (Å²) in [5, 5.41) is 29.5. The van der Waals surface area contributed by atoms with E-state index in [-0.39, 0.29) is 28.7 Å². The molecule has 164 valence electrons. The molecule has 0 saturated heterocycles. The van der Waals surface area contributed by atoms with Gasteiger partial charge in [0.05, 0.1) is 9.85 Å². The molecule has 2 aliphatic carbocycles. The van der Waals surface area contributed by atoms with Gasteiger partial charge in [0.2, 0.25) is 0 Å². The van der Waals surface area contributed by atoms with Crippen LogP contribution in [0.5, 0.6) is 0 Å². The fraction of sp³-hybridized carbons (Fsp3) is 0. The number of nitrogens with two attached hydrogens (primary N) is 1. The van der Waals surface area contributed by atoms with Gasteiger partial charge >= 0.3 is 0 Å². The zero-order valence-corrected chi connectivity index (χ0v) is 17.5. The highest BCUT2D eigenvalue weighted by atomic mass is 16.6. The molecule has 0 saturated carbocycles. The third kappa shape index (κ3) is 2.77. The van der Waals surface area contributed by atoms with Crippen molar-refractivity contribution in [3.05, 3.63) is 91.0 Å². The summed E-state index contributed by atoms with van der Waals surface area (Å²) in [5.74, 6) is -0.190. The van der Waals surface area contributed by atoms with Crippen molar-refractivity contribution in [2.45, 2.75) is 0 Å². The number of nitrogens with one attached hydrogen (secondary N) is 1. The van der Waals surface area contributed by atoms with Crippen LogP contribution in [-0.2, 0) is 0 Å². The Bertz CT molecular complexity index is 1700. The molecule has 0 spiro atoms. The molecule has 9 heteroatoms. The SMILES string of the molecule is NC(=Nc1c([N+](=O)[O-])cc2c3c(cccc13)C=C2)Nc1c([N+](=O)[O-])cc2c3c(cccc13)C=C2. The van der Waals surface area contributed by atoms with Crippen LogP contribution < -0.4 is 11.1 Å². The Morgan fingerprint density at radius 3 is 1.91 bits per heavy atom. The van der Waals surface area contributed by atoms with E-state index in [4.69, 9.17) is 5.73 Å². The predicted molar refractivity (Wildman–Crippen MR) is 134 cm³/mol. The fourth-order valence-electron chi connectivity index (χ4n) is 4.75. The number of hydrogen-bond acceptors (Lipinski definition) is 5. The van der Waals surface area contributed by atoms with Crippen molar-refractivity contribution in [2.75, 3.05) is 5.32 Å². The maximum atomic E-state index is 11.9. The normalized spacial score (nSPS) is 13.2. The van der Waals surface area contributed by atoms with E-state index in [1.165, 1.54) is 12.1 Å². The third-order valence-corrected chi connectivity index (χ3v) is 6.14. The number of nitrogens with zero attached hydrogens (tertiary/aromatic N) is 3. The molecule has 0 unspecified atom stereocenters. The molecule has 4 aromatic rings. The number of guanidine groups is 1. The molecule has 0 fully saturated rings. The maximum Gasteiger partial charge on any atom is 0.296 e. The monoisotopic (exact) mass is 449 g/mol. The van der Waals surface area contributed by atoms with Gasteiger partial charge in [-0.1, -0.05) is 60.7 Å². The molecule has 4 aromatic carbocycles. The summed E-state index contributed by atoms with van der Waals surface area (Å²) in [5.41, 5.74) is 9.47. The van der Waals surface area contributed by atoms with Crippen molar-refractivity contribution in [2.24, 2.45) is 10.7 Å². The van der Waals surface area contributed by atoms with Gasteiger partial charge in [-0.2, -0.15) is 0 Å². The van der Waals surface area contributed by atoms with Crippen LogP contribution in [0.1, 0.15) is 22.3 Å². The van der Waals surface area contributed by atoms with Gasteiger partial charge in [0.25, 0.3) is 11.4 Å². The maximum absolute atomic E-state index is 11.9. The summed E-state index contributed by atoms with van der Waals surface area (Å²) >= 11 is 0. The van der Waals surface area contributed by atoms with Crippen molar-refractivity contribution in [3.63, 3.8) is 0 Å². The van der Waals surface area contributed by atoms with Crippen LogP contribution in [0.25, 0.3) is 45.8 Å². The first-order chi connectivity index (χ1) is 16.4. The van der Waals surface area contributed by atoms with Crippen LogP contribution in [0, 0.1) is 20.2 Å². The molecule has 0 radical (unpaired) electrons. The summed E-state index contributed by atoms with van der Waals surface area (Å²) in [4.78, 5) is 27.1. The topological polar surface area (TPSA) is 137 Å². The van der Waals surface area contributed by atoms with E-state index in [2.05, 4.69) is 10.3 Å². The molecule has 3 N–H and O–H groups in total. The van der Waals surface area contributed by atoms with E-state index in [1.807, 2.05) is 36.4 Å². The number of anilines is 1. The van der Waals surface area contributed by atoms with Crippen LogP contribution in [-0.4, -0.2) is 15.8 Å². The Kier molecular flexibility index (Phi) is 4.03. The molecule has 0 aliphatic heterocycles. The highest BCUT2D eigenvalue weighted by Gasteiger charge is 2.25. The van der Waals surface area contributed by atoms with Crippen molar-refractivity contribution < 1.29 is 9.85 Å². The molecule has 0 heterocycles. The first-order valence-corrected chi connectivity index (χ1v) is 10.4. The smallest absolute Gasteiger partial charge is 0.296 e. The number of benzene rings is 4. The van der Waals surface area contributed by atoms with Crippen molar-refractivity contribution in [3.8, 4) is 0 Å². The summed E-state index contributed by atoms with van der Waals surface area (Å²) in [6.45, 7) is 0. The molecule has 0 bridgehead atoms. The second-order valence-corrected chi connectivity index (χ2v) is 8.04. The van der Waals surface area contributed by atoms with Gasteiger partial charge in [0.15, 0.2) is 11.6 Å². The lowest BCUT2D eigenvalue weighted by Crippen LogP contribution is -2.23. The van der Waals surface area contributed by atoms with E-state index in [0.29, 0.717) is 10.8 Å². The van der Waals surface area contributed by atoms with Gasteiger partial charge in [0, 0.05) is 22.9 Å². The van der Waals surface area contributed by atoms with E-state index in [1.54, 1.807) is 24.3 Å². The molecule has 9 nitrogen and oxygen atoms in total. The lowest BCUT2D eigenvalue weighted by Gasteiger charge is -2.13. The Labute approximate surface area is 191 Å². The predicted octanol–water partition coefficient (Wildman–Crippen LogP) is 5.84. The number of rotatable bonds is 4. The molecule has 0 amide bonds. The lowest BCUT2D eigenvalue weighted by atomic mass is 10.0. The summed E-state index contributed by atoms with van der Waals surface area (Å²) in [6.07, 6.45) is 7.44. The summed E-state index contributed by atoms with van der Waals surface area (Å²) in [6, 6.07) is 13.9. The largest absolute Gasteiger partial charge is 0.369 e. The second kappa shape index (κ2) is 6.97. The number of nitro benzene ring substituents is 2.